The minimum Gasteiger partial charge on any atom is -0.361 e. The number of hydrogen-bond donors (Lipinski definition) is 1. The predicted molar refractivity (Wildman–Crippen MR) is 93.9 cm³/mol. The predicted octanol–water partition coefficient (Wildman–Crippen LogP) is 2.77. The third-order valence-corrected chi connectivity index (χ3v) is 5.10. The molecule has 5 heteroatoms. The van der Waals surface area contributed by atoms with Gasteiger partial charge in [0.15, 0.2) is 0 Å². The van der Waals surface area contributed by atoms with Gasteiger partial charge in [0, 0.05) is 55.5 Å². The van der Waals surface area contributed by atoms with Crippen LogP contribution in [0.25, 0.3) is 10.9 Å². The number of benzene rings is 1. The number of hydrogen-bond acceptors (Lipinski definition) is 2. The van der Waals surface area contributed by atoms with Crippen molar-refractivity contribution in [2.75, 3.05) is 13.1 Å². The van der Waals surface area contributed by atoms with Crippen molar-refractivity contribution in [2.24, 2.45) is 7.05 Å². The molecule has 1 aliphatic heterocycles. The van der Waals surface area contributed by atoms with E-state index in [4.69, 9.17) is 0 Å². The molecule has 1 unspecified atom stereocenters. The van der Waals surface area contributed by atoms with Crippen LogP contribution in [0.1, 0.15) is 29.3 Å². The van der Waals surface area contributed by atoms with Gasteiger partial charge in [-0.2, -0.15) is 0 Å². The third kappa shape index (κ3) is 2.50. The number of aromatic amines is 1. The Balaban J connectivity index is 1.50. The number of carbonyl (C=O) groups excluding carboxylic acids is 1. The smallest absolute Gasteiger partial charge is 0.227 e. The van der Waals surface area contributed by atoms with Crippen molar-refractivity contribution >= 4 is 16.8 Å². The van der Waals surface area contributed by atoms with Gasteiger partial charge in [0.2, 0.25) is 5.91 Å². The van der Waals surface area contributed by atoms with Crippen molar-refractivity contribution < 1.29 is 4.79 Å². The van der Waals surface area contributed by atoms with Crippen molar-refractivity contribution in [1.82, 2.24) is 19.4 Å². The van der Waals surface area contributed by atoms with Crippen LogP contribution < -0.4 is 0 Å². The van der Waals surface area contributed by atoms with Gasteiger partial charge in [-0.05, 0) is 30.5 Å². The number of nitrogens with one attached hydrogen (secondary N) is 1. The molecule has 1 aromatic carbocycles. The summed E-state index contributed by atoms with van der Waals surface area (Å²) in [6.45, 7) is 3.68. The molecule has 2 aromatic heterocycles. The normalized spacial score (nSPS) is 17.8. The first-order valence-electron chi connectivity index (χ1n) is 8.44. The minimum absolute atomic E-state index is 0.205. The van der Waals surface area contributed by atoms with Gasteiger partial charge in [0.1, 0.15) is 5.82 Å². The molecule has 1 N–H and O–H groups in total. The Hall–Kier alpha value is -2.56. The standard InChI is InChI=1S/C19H22N4O/c1-13-4-3-5-16-18(13)15(11-21-16)10-17(24)23-8-6-14(12-23)19-20-7-9-22(19)2/h3-5,7,9,11,14,21H,6,8,10,12H2,1-2H3. The van der Waals surface area contributed by atoms with Gasteiger partial charge in [-0.3, -0.25) is 4.79 Å². The first kappa shape index (κ1) is 15.0. The van der Waals surface area contributed by atoms with Crippen LogP contribution in [0.2, 0.25) is 0 Å². The topological polar surface area (TPSA) is 53.9 Å². The number of rotatable bonds is 3. The number of aromatic nitrogens is 3. The maximum Gasteiger partial charge on any atom is 0.227 e. The lowest BCUT2D eigenvalue weighted by Crippen LogP contribution is -2.30. The van der Waals surface area contributed by atoms with Gasteiger partial charge in [-0.25, -0.2) is 4.98 Å². The second-order valence-corrected chi connectivity index (χ2v) is 6.71. The maximum atomic E-state index is 12.8. The van der Waals surface area contributed by atoms with Crippen molar-refractivity contribution in [3.63, 3.8) is 0 Å². The van der Waals surface area contributed by atoms with E-state index in [-0.39, 0.29) is 5.91 Å². The SMILES string of the molecule is Cc1cccc2[nH]cc(CC(=O)N3CCC(c4nccn4C)C3)c12. The van der Waals surface area contributed by atoms with E-state index in [0.717, 1.165) is 36.4 Å². The fourth-order valence-electron chi connectivity index (χ4n) is 3.83. The second kappa shape index (κ2) is 5.82. The molecule has 1 aliphatic rings. The molecule has 0 radical (unpaired) electrons. The quantitative estimate of drug-likeness (QED) is 0.806. The zero-order valence-corrected chi connectivity index (χ0v) is 14.1. The number of amides is 1. The summed E-state index contributed by atoms with van der Waals surface area (Å²) in [5.74, 6) is 1.63. The van der Waals surface area contributed by atoms with Crippen LogP contribution in [0, 0.1) is 6.92 Å². The van der Waals surface area contributed by atoms with Gasteiger partial charge < -0.3 is 14.5 Å². The highest BCUT2D eigenvalue weighted by atomic mass is 16.2. The molecule has 5 nitrogen and oxygen atoms in total. The van der Waals surface area contributed by atoms with E-state index in [1.165, 1.54) is 10.9 Å². The molecule has 3 aromatic rings. The number of aryl methyl sites for hydroxylation is 2. The summed E-state index contributed by atoms with van der Waals surface area (Å²) in [7, 11) is 2.02. The van der Waals surface area contributed by atoms with Crippen LogP contribution in [0.15, 0.2) is 36.8 Å². The van der Waals surface area contributed by atoms with E-state index in [0.29, 0.717) is 12.3 Å². The lowest BCUT2D eigenvalue weighted by atomic mass is 10.0. The summed E-state index contributed by atoms with van der Waals surface area (Å²) in [5, 5.41) is 1.19. The summed E-state index contributed by atoms with van der Waals surface area (Å²) in [6.07, 6.45) is 7.21. The third-order valence-electron chi connectivity index (χ3n) is 5.10. The lowest BCUT2D eigenvalue weighted by Gasteiger charge is -2.16. The van der Waals surface area contributed by atoms with Crippen LogP contribution in [0.3, 0.4) is 0 Å². The van der Waals surface area contributed by atoms with E-state index >= 15 is 0 Å². The number of imidazole rings is 1. The Morgan fingerprint density at radius 3 is 3.08 bits per heavy atom. The highest BCUT2D eigenvalue weighted by Gasteiger charge is 2.29. The van der Waals surface area contributed by atoms with Crippen molar-refractivity contribution in [1.29, 1.82) is 0 Å². The Morgan fingerprint density at radius 1 is 1.42 bits per heavy atom. The number of likely N-dealkylation sites (tertiary alicyclic amines) is 1. The molecule has 1 atom stereocenters. The van der Waals surface area contributed by atoms with Crippen LogP contribution in [-0.2, 0) is 18.3 Å². The van der Waals surface area contributed by atoms with E-state index < -0.39 is 0 Å². The Labute approximate surface area is 141 Å². The molecule has 0 saturated carbocycles. The van der Waals surface area contributed by atoms with Crippen molar-refractivity contribution in [3.05, 3.63) is 53.7 Å². The van der Waals surface area contributed by atoms with Crippen molar-refractivity contribution in [3.8, 4) is 0 Å². The fourth-order valence-corrected chi connectivity index (χ4v) is 3.83. The Morgan fingerprint density at radius 2 is 2.29 bits per heavy atom. The average molecular weight is 322 g/mol. The Bertz CT molecular complexity index is 892. The molecule has 3 heterocycles. The van der Waals surface area contributed by atoms with E-state index in [2.05, 4.69) is 33.6 Å². The molecule has 24 heavy (non-hydrogen) atoms. The van der Waals surface area contributed by atoms with Crippen molar-refractivity contribution in [2.45, 2.75) is 25.7 Å². The van der Waals surface area contributed by atoms with Gasteiger partial charge in [-0.1, -0.05) is 12.1 Å². The highest BCUT2D eigenvalue weighted by Crippen LogP contribution is 2.27. The zero-order valence-electron chi connectivity index (χ0n) is 14.1. The van der Waals surface area contributed by atoms with Gasteiger partial charge in [0.05, 0.1) is 6.42 Å². The summed E-state index contributed by atoms with van der Waals surface area (Å²) in [5.41, 5.74) is 3.41. The van der Waals surface area contributed by atoms with Gasteiger partial charge >= 0.3 is 0 Å². The number of carbonyl (C=O) groups is 1. The largest absolute Gasteiger partial charge is 0.361 e. The molecule has 0 aliphatic carbocycles. The summed E-state index contributed by atoms with van der Waals surface area (Å²) in [6, 6.07) is 6.19. The maximum absolute atomic E-state index is 12.8. The molecule has 4 rings (SSSR count). The first-order chi connectivity index (χ1) is 11.6. The molecule has 124 valence electrons. The molecule has 0 bridgehead atoms. The van der Waals surface area contributed by atoms with Crippen LogP contribution in [0.5, 0.6) is 0 Å². The van der Waals surface area contributed by atoms with Gasteiger partial charge in [0.25, 0.3) is 0 Å². The fraction of sp³-hybridized carbons (Fsp3) is 0.368. The molecule has 1 amide bonds. The molecule has 1 fully saturated rings. The number of fused-ring (bicyclic) bond motifs is 1. The van der Waals surface area contributed by atoms with Crippen LogP contribution in [-0.4, -0.2) is 38.4 Å². The van der Waals surface area contributed by atoms with E-state index in [1.807, 2.05) is 36.6 Å². The van der Waals surface area contributed by atoms with Crippen LogP contribution in [0.4, 0.5) is 0 Å². The average Bonchev–Trinajstić information content (AvgIpc) is 3.27. The van der Waals surface area contributed by atoms with Gasteiger partial charge in [-0.15, -0.1) is 0 Å². The summed E-state index contributed by atoms with van der Waals surface area (Å²) >= 11 is 0. The number of H-pyrrole nitrogens is 1. The number of nitrogens with zero attached hydrogens (tertiary/aromatic N) is 3. The zero-order chi connectivity index (χ0) is 16.7. The first-order valence-corrected chi connectivity index (χ1v) is 8.44. The minimum atomic E-state index is 0.205. The molecular formula is C19H22N4O. The second-order valence-electron chi connectivity index (χ2n) is 6.71. The summed E-state index contributed by atoms with van der Waals surface area (Å²) < 4.78 is 2.06. The monoisotopic (exact) mass is 322 g/mol. The molecule has 1 saturated heterocycles. The van der Waals surface area contributed by atoms with E-state index in [9.17, 15) is 4.79 Å². The van der Waals surface area contributed by atoms with Crippen LogP contribution >= 0.6 is 0 Å². The lowest BCUT2D eigenvalue weighted by molar-refractivity contribution is -0.129. The summed E-state index contributed by atoms with van der Waals surface area (Å²) in [4.78, 5) is 22.5. The molecular weight excluding hydrogens is 300 g/mol. The highest BCUT2D eigenvalue weighted by molar-refractivity contribution is 5.91. The van der Waals surface area contributed by atoms with E-state index in [1.54, 1.807) is 0 Å². The molecule has 0 spiro atoms. The Kier molecular flexibility index (Phi) is 3.63.